The van der Waals surface area contributed by atoms with Gasteiger partial charge in [0.05, 0.1) is 10.5 Å². The molecule has 0 fully saturated rings. The number of ether oxygens (including phenoxy) is 1. The van der Waals surface area contributed by atoms with Crippen LogP contribution < -0.4 is 4.72 Å². The van der Waals surface area contributed by atoms with Crippen molar-refractivity contribution in [2.45, 2.75) is 18.7 Å². The fraction of sp³-hybridized carbons (Fsp3) is 0.130. The van der Waals surface area contributed by atoms with Gasteiger partial charge in [0.2, 0.25) is 0 Å². The zero-order valence-corrected chi connectivity index (χ0v) is 17.7. The number of aryl methyl sites for hydroxylation is 2. The SMILES string of the molecule is Cc1ccc(C)c(S(=O)(=O)Nc2ccc(C(=O)OCC(=O)c3ccc(F)cc3)cc2)c1. The third-order valence-electron chi connectivity index (χ3n) is 4.51. The van der Waals surface area contributed by atoms with Crippen LogP contribution in [0.2, 0.25) is 0 Å². The first-order valence-electron chi connectivity index (χ1n) is 9.32. The van der Waals surface area contributed by atoms with Crippen molar-refractivity contribution in [3.05, 3.63) is 94.8 Å². The van der Waals surface area contributed by atoms with Gasteiger partial charge in [-0.15, -0.1) is 0 Å². The Morgan fingerprint density at radius 2 is 1.52 bits per heavy atom. The van der Waals surface area contributed by atoms with Gasteiger partial charge in [0.15, 0.2) is 12.4 Å². The number of esters is 1. The van der Waals surface area contributed by atoms with E-state index in [2.05, 4.69) is 4.72 Å². The second-order valence-electron chi connectivity index (χ2n) is 6.96. The molecule has 0 heterocycles. The molecule has 0 aliphatic rings. The lowest BCUT2D eigenvalue weighted by atomic mass is 10.1. The van der Waals surface area contributed by atoms with Gasteiger partial charge in [0.25, 0.3) is 10.0 Å². The van der Waals surface area contributed by atoms with Crippen LogP contribution in [0.3, 0.4) is 0 Å². The Hall–Kier alpha value is -3.52. The Bertz CT molecular complexity index is 1220. The molecule has 0 saturated heterocycles. The zero-order valence-electron chi connectivity index (χ0n) is 16.9. The molecule has 0 atom stereocenters. The van der Waals surface area contributed by atoms with E-state index in [9.17, 15) is 22.4 Å². The minimum atomic E-state index is -3.79. The highest BCUT2D eigenvalue weighted by Gasteiger charge is 2.18. The molecular weight excluding hydrogens is 421 g/mol. The summed E-state index contributed by atoms with van der Waals surface area (Å²) in [4.78, 5) is 24.4. The van der Waals surface area contributed by atoms with Crippen LogP contribution in [0, 0.1) is 19.7 Å². The lowest BCUT2D eigenvalue weighted by Crippen LogP contribution is -2.15. The second-order valence-corrected chi connectivity index (χ2v) is 8.61. The predicted octanol–water partition coefficient (Wildman–Crippen LogP) is 4.28. The molecule has 3 rings (SSSR count). The molecule has 160 valence electrons. The van der Waals surface area contributed by atoms with Gasteiger partial charge < -0.3 is 4.74 Å². The van der Waals surface area contributed by atoms with Gasteiger partial charge in [-0.2, -0.15) is 0 Å². The lowest BCUT2D eigenvalue weighted by Gasteiger charge is -2.11. The average Bonchev–Trinajstić information content (AvgIpc) is 2.74. The number of nitrogens with one attached hydrogen (secondary N) is 1. The maximum absolute atomic E-state index is 12.9. The molecule has 0 amide bonds. The molecule has 0 aromatic heterocycles. The van der Waals surface area contributed by atoms with E-state index in [1.165, 1.54) is 36.4 Å². The quantitative estimate of drug-likeness (QED) is 0.437. The number of hydrogen-bond acceptors (Lipinski definition) is 5. The number of rotatable bonds is 7. The summed E-state index contributed by atoms with van der Waals surface area (Å²) >= 11 is 0. The van der Waals surface area contributed by atoms with E-state index in [0.717, 1.165) is 17.7 Å². The molecule has 31 heavy (non-hydrogen) atoms. The molecule has 6 nitrogen and oxygen atoms in total. The Morgan fingerprint density at radius 1 is 0.903 bits per heavy atom. The van der Waals surface area contributed by atoms with E-state index in [4.69, 9.17) is 4.74 Å². The summed E-state index contributed by atoms with van der Waals surface area (Å²) in [6, 6.07) is 15.7. The van der Waals surface area contributed by atoms with E-state index in [1.54, 1.807) is 26.0 Å². The monoisotopic (exact) mass is 441 g/mol. The highest BCUT2D eigenvalue weighted by atomic mass is 32.2. The molecule has 0 unspecified atom stereocenters. The molecule has 0 bridgehead atoms. The fourth-order valence-electron chi connectivity index (χ4n) is 2.81. The van der Waals surface area contributed by atoms with Crippen molar-refractivity contribution in [2.24, 2.45) is 0 Å². The molecule has 3 aromatic rings. The highest BCUT2D eigenvalue weighted by Crippen LogP contribution is 2.21. The molecular formula is C23H20FNO5S. The van der Waals surface area contributed by atoms with Crippen molar-refractivity contribution in [1.82, 2.24) is 0 Å². The van der Waals surface area contributed by atoms with Gasteiger partial charge in [-0.05, 0) is 79.6 Å². The standard InChI is InChI=1S/C23H20FNO5S/c1-15-3-4-16(2)22(13-15)31(28,29)25-20-11-7-18(8-12-20)23(27)30-14-21(26)17-5-9-19(24)10-6-17/h3-13,25H,14H2,1-2H3. The van der Waals surface area contributed by atoms with Crippen LogP contribution >= 0.6 is 0 Å². The summed E-state index contributed by atoms with van der Waals surface area (Å²) in [5.41, 5.74) is 2.09. The normalized spacial score (nSPS) is 11.1. The third kappa shape index (κ3) is 5.55. The van der Waals surface area contributed by atoms with Crippen molar-refractivity contribution >= 4 is 27.5 Å². The van der Waals surface area contributed by atoms with Gasteiger partial charge in [-0.25, -0.2) is 17.6 Å². The summed E-state index contributed by atoms with van der Waals surface area (Å²) in [6.07, 6.45) is 0. The smallest absolute Gasteiger partial charge is 0.338 e. The van der Waals surface area contributed by atoms with Crippen molar-refractivity contribution in [3.8, 4) is 0 Å². The molecule has 0 spiro atoms. The van der Waals surface area contributed by atoms with Crippen LogP contribution in [-0.2, 0) is 14.8 Å². The van der Waals surface area contributed by atoms with Crippen molar-refractivity contribution in [3.63, 3.8) is 0 Å². The minimum Gasteiger partial charge on any atom is -0.454 e. The number of ketones is 1. The summed E-state index contributed by atoms with van der Waals surface area (Å²) in [5, 5.41) is 0. The van der Waals surface area contributed by atoms with Crippen LogP contribution in [0.1, 0.15) is 31.8 Å². The van der Waals surface area contributed by atoms with Crippen molar-refractivity contribution in [2.75, 3.05) is 11.3 Å². The number of carbonyl (C=O) groups excluding carboxylic acids is 2. The Labute approximate surface area is 179 Å². The molecule has 0 aliphatic heterocycles. The van der Waals surface area contributed by atoms with Gasteiger partial charge in [-0.3, -0.25) is 9.52 Å². The largest absolute Gasteiger partial charge is 0.454 e. The number of halogens is 1. The molecule has 0 saturated carbocycles. The molecule has 1 N–H and O–H groups in total. The van der Waals surface area contributed by atoms with Gasteiger partial charge in [0.1, 0.15) is 5.82 Å². The van der Waals surface area contributed by atoms with Gasteiger partial charge >= 0.3 is 5.97 Å². The summed E-state index contributed by atoms with van der Waals surface area (Å²) < 4.78 is 45.7. The molecule has 0 radical (unpaired) electrons. The molecule has 8 heteroatoms. The summed E-state index contributed by atoms with van der Waals surface area (Å²) in [7, 11) is -3.79. The second kappa shape index (κ2) is 9.09. The van der Waals surface area contributed by atoms with E-state index >= 15 is 0 Å². The first kappa shape index (κ1) is 22.2. The number of benzene rings is 3. The first-order valence-corrected chi connectivity index (χ1v) is 10.8. The predicted molar refractivity (Wildman–Crippen MR) is 114 cm³/mol. The third-order valence-corrected chi connectivity index (χ3v) is 6.03. The zero-order chi connectivity index (χ0) is 22.6. The van der Waals surface area contributed by atoms with Crippen LogP contribution in [0.4, 0.5) is 10.1 Å². The maximum Gasteiger partial charge on any atom is 0.338 e. The van der Waals surface area contributed by atoms with E-state index in [1.807, 2.05) is 6.07 Å². The first-order chi connectivity index (χ1) is 14.7. The number of carbonyl (C=O) groups is 2. The Morgan fingerprint density at radius 3 is 2.16 bits per heavy atom. The van der Waals surface area contributed by atoms with E-state index in [0.29, 0.717) is 5.56 Å². The van der Waals surface area contributed by atoms with Gasteiger partial charge in [0, 0.05) is 11.3 Å². The average molecular weight is 441 g/mol. The Kier molecular flexibility index (Phi) is 6.50. The van der Waals surface area contributed by atoms with Crippen LogP contribution in [0.25, 0.3) is 0 Å². The van der Waals surface area contributed by atoms with Crippen molar-refractivity contribution < 1.29 is 27.1 Å². The van der Waals surface area contributed by atoms with Crippen LogP contribution in [0.5, 0.6) is 0 Å². The maximum atomic E-state index is 12.9. The van der Waals surface area contributed by atoms with Crippen molar-refractivity contribution in [1.29, 1.82) is 0 Å². The molecule has 3 aromatic carbocycles. The van der Waals surface area contributed by atoms with E-state index in [-0.39, 0.29) is 21.7 Å². The molecule has 0 aliphatic carbocycles. The number of Topliss-reactive ketones (excluding diaryl/α,β-unsaturated/α-hetero) is 1. The summed E-state index contributed by atoms with van der Waals surface area (Å²) in [5.74, 6) is -1.67. The van der Waals surface area contributed by atoms with Crippen LogP contribution in [-0.4, -0.2) is 26.8 Å². The summed E-state index contributed by atoms with van der Waals surface area (Å²) in [6.45, 7) is 3.02. The van der Waals surface area contributed by atoms with E-state index < -0.39 is 34.2 Å². The van der Waals surface area contributed by atoms with Gasteiger partial charge in [-0.1, -0.05) is 12.1 Å². The Balaban J connectivity index is 1.64. The fourth-order valence-corrected chi connectivity index (χ4v) is 4.20. The number of sulfonamides is 1. The topological polar surface area (TPSA) is 89.5 Å². The highest BCUT2D eigenvalue weighted by molar-refractivity contribution is 7.92. The van der Waals surface area contributed by atoms with Crippen LogP contribution in [0.15, 0.2) is 71.6 Å². The number of hydrogen-bond donors (Lipinski definition) is 1. The minimum absolute atomic E-state index is 0.154. The lowest BCUT2D eigenvalue weighted by molar-refractivity contribution is 0.0475. The number of anilines is 1.